The Labute approximate surface area is 509 Å². The van der Waals surface area contributed by atoms with E-state index in [4.69, 9.17) is 5.73 Å². The molecule has 5 amide bonds. The Balaban J connectivity index is 1.55. The normalized spacial score (nSPS) is 29.8. The summed E-state index contributed by atoms with van der Waals surface area (Å²) in [5, 5.41) is 62.2. The summed E-state index contributed by atoms with van der Waals surface area (Å²) in [7, 11) is 3.82. The van der Waals surface area contributed by atoms with Gasteiger partial charge in [0.25, 0.3) is 0 Å². The van der Waals surface area contributed by atoms with Crippen molar-refractivity contribution in [3.05, 3.63) is 59.7 Å². The van der Waals surface area contributed by atoms with Crippen LogP contribution in [0.4, 0.5) is 0 Å². The molecule has 2 aromatic carbocycles. The fourth-order valence-corrected chi connectivity index (χ4v) is 17.9. The highest BCUT2D eigenvalue weighted by atomic mass is 33.1. The summed E-state index contributed by atoms with van der Waals surface area (Å²) >= 11 is 0. The van der Waals surface area contributed by atoms with Crippen LogP contribution in [0, 0.1) is 5.92 Å². The molecule has 4 fully saturated rings. The number of carboxylic acids is 1. The van der Waals surface area contributed by atoms with E-state index in [-0.39, 0.29) is 90.4 Å². The average molecular weight is 1280 g/mol. The highest BCUT2D eigenvalue weighted by Crippen LogP contribution is 2.32. The summed E-state index contributed by atoms with van der Waals surface area (Å²) in [5.41, 5.74) is 6.99. The SMILES string of the molecule is CC(=O)[C@H](Cc1ccc(O)cc1)NC1CSSCC2C(=O)[C@H](Cc3ccc(O)cc3)NC(=O)[C@H](CCC(=O)O)NC3CCS(=O)SCC2N[C@@H](CC(N)=O)C(=O)N2CCC[C@H]2C(=O)N[C@@H](C)C(=O)C(CSSC3)N[C@@H]([C@@H](C)O)C(=O)NCC1=O. The second-order valence-electron chi connectivity index (χ2n) is 21.2. The van der Waals surface area contributed by atoms with Crippen LogP contribution >= 0.6 is 54.0 Å². The first-order valence-electron chi connectivity index (χ1n) is 27.6. The monoisotopic (exact) mass is 1280 g/mol. The largest absolute Gasteiger partial charge is 0.508 e. The van der Waals surface area contributed by atoms with Crippen molar-refractivity contribution in [1.29, 1.82) is 0 Å². The lowest BCUT2D eigenvalue weighted by molar-refractivity contribution is -0.142. The van der Waals surface area contributed by atoms with Crippen LogP contribution in [0.5, 0.6) is 11.5 Å². The number of amides is 5. The number of benzene rings is 2. The molecule has 0 spiro atoms. The third kappa shape index (κ3) is 20.7. The Kier molecular flexibility index (Phi) is 27.2. The van der Waals surface area contributed by atoms with Crippen LogP contribution in [-0.2, 0) is 70.6 Å². The van der Waals surface area contributed by atoms with Gasteiger partial charge in [0.2, 0.25) is 29.5 Å². The van der Waals surface area contributed by atoms with Crippen LogP contribution in [0.2, 0.25) is 0 Å². The molecule has 6 rings (SSSR count). The Bertz CT molecular complexity index is 2700. The van der Waals surface area contributed by atoms with Gasteiger partial charge in [0.15, 0.2) is 17.3 Å². The molecule has 6 unspecified atom stereocenters. The second kappa shape index (κ2) is 33.4. The summed E-state index contributed by atoms with van der Waals surface area (Å²) in [6, 6.07) is -1.32. The lowest BCUT2D eigenvalue weighted by atomic mass is 9.89. The van der Waals surface area contributed by atoms with Crippen molar-refractivity contribution in [2.24, 2.45) is 11.7 Å². The number of ketones is 4. The van der Waals surface area contributed by atoms with Gasteiger partial charge in [-0.15, -0.1) is 0 Å². The fourth-order valence-electron chi connectivity index (χ4n) is 10.1. The summed E-state index contributed by atoms with van der Waals surface area (Å²) < 4.78 is 14.3. The topological polar surface area (TPSA) is 382 Å². The van der Waals surface area contributed by atoms with Gasteiger partial charge in [0, 0.05) is 65.5 Å². The van der Waals surface area contributed by atoms with Crippen LogP contribution < -0.4 is 43.0 Å². The smallest absolute Gasteiger partial charge is 0.303 e. The number of aliphatic hydroxyl groups is 1. The van der Waals surface area contributed by atoms with Gasteiger partial charge in [-0.2, -0.15) is 0 Å². The molecule has 0 aliphatic carbocycles. The van der Waals surface area contributed by atoms with Gasteiger partial charge in [-0.1, -0.05) is 78.2 Å². The van der Waals surface area contributed by atoms with Gasteiger partial charge in [0.05, 0.1) is 71.2 Å². The fraction of sp³-hybridized carbons (Fsp3) is 0.593. The standard InChI is InChI=1S/C54H75N9O15S6/c1-28-49(72)43-26-82-79-23-33-16-18-84(78)83-27-41(60-40(21-46(55)69)54(77)63-17-4-5-44(63)52(75)57-28)36(50(73)39(20-32-8-12-35(67)13-9-32)62-51(74)37(58-33)14-15-47(70)71)24-80-81-25-42(45(68)22-56-53(76)48(61-43)30(3)65)59-38(29(2)64)19-31-6-10-34(66)11-7-31/h6-13,28,30,33,36-44,48,58-61,65-67H,4-5,14-27H2,1-3H3,(H2,55,69)(H,56,76)(H,57,75)(H,62,74)(H,70,71)/t28-,30+,33?,36?,37-,38-,39-,40-,41?,42?,43?,44-,48-,84?/m0/s1. The molecule has 3 bridgehead atoms. The first-order valence-corrected chi connectivity index (χ1v) is 35.4. The van der Waals surface area contributed by atoms with Crippen molar-refractivity contribution in [3.8, 4) is 11.5 Å². The molecule has 4 saturated heterocycles. The molecule has 4 aliphatic heterocycles. The maximum absolute atomic E-state index is 15.9. The minimum Gasteiger partial charge on any atom is -0.508 e. The van der Waals surface area contributed by atoms with Crippen LogP contribution in [0.1, 0.15) is 70.4 Å². The van der Waals surface area contributed by atoms with Crippen LogP contribution in [0.25, 0.3) is 0 Å². The number of primary amides is 1. The average Bonchev–Trinajstić information content (AvgIpc) is 4.10. The zero-order valence-corrected chi connectivity index (χ0v) is 51.6. The second-order valence-corrected chi connectivity index (χ2v) is 29.7. The van der Waals surface area contributed by atoms with Crippen molar-refractivity contribution < 1.29 is 72.6 Å². The molecule has 30 heteroatoms. The predicted molar refractivity (Wildman–Crippen MR) is 325 cm³/mol. The van der Waals surface area contributed by atoms with E-state index in [9.17, 15) is 63.0 Å². The Hall–Kier alpha value is -4.76. The molecule has 0 saturated carbocycles. The first kappa shape index (κ1) is 68.4. The van der Waals surface area contributed by atoms with E-state index in [1.54, 1.807) is 24.3 Å². The van der Waals surface area contributed by atoms with Crippen molar-refractivity contribution in [2.45, 2.75) is 145 Å². The summed E-state index contributed by atoms with van der Waals surface area (Å²) in [6.07, 6.45) is -2.25. The van der Waals surface area contributed by atoms with Gasteiger partial charge in [-0.25, -0.2) is 4.21 Å². The van der Waals surface area contributed by atoms with Crippen molar-refractivity contribution in [1.82, 2.24) is 42.1 Å². The quantitative estimate of drug-likeness (QED) is 0.117. The van der Waals surface area contributed by atoms with Gasteiger partial charge in [-0.05, 0) is 94.7 Å². The number of hydrogen-bond donors (Lipinski definition) is 12. The zero-order valence-electron chi connectivity index (χ0n) is 46.7. The van der Waals surface area contributed by atoms with Crippen LogP contribution in [0.15, 0.2) is 48.5 Å². The number of aliphatic hydroxyl groups excluding tert-OH is 1. The highest BCUT2D eigenvalue weighted by Gasteiger charge is 2.43. The van der Waals surface area contributed by atoms with Crippen molar-refractivity contribution in [3.63, 3.8) is 0 Å². The molecule has 4 heterocycles. The molecule has 84 heavy (non-hydrogen) atoms. The van der Waals surface area contributed by atoms with E-state index in [2.05, 4.69) is 37.2 Å². The number of carbonyl (C=O) groups excluding carboxylic acids is 9. The molecule has 24 nitrogen and oxygen atoms in total. The summed E-state index contributed by atoms with van der Waals surface area (Å²) in [4.78, 5) is 143. The van der Waals surface area contributed by atoms with Crippen LogP contribution in [-0.4, -0.2) is 208 Å². The summed E-state index contributed by atoms with van der Waals surface area (Å²) in [5.74, 6) is -9.07. The van der Waals surface area contributed by atoms with Gasteiger partial charge in [-0.3, -0.25) is 58.6 Å². The third-order valence-electron chi connectivity index (χ3n) is 14.8. The van der Waals surface area contributed by atoms with E-state index in [0.717, 1.165) is 43.2 Å². The molecule has 0 aromatic heterocycles. The number of phenols is 2. The Morgan fingerprint density at radius 1 is 0.786 bits per heavy atom. The zero-order chi connectivity index (χ0) is 61.2. The maximum atomic E-state index is 15.9. The number of carboxylic acid groups (broad SMARTS) is 1. The molecule has 4 aliphatic rings. The molecule has 0 radical (unpaired) electrons. The number of nitrogens with zero attached hydrogens (tertiary/aromatic N) is 1. The molecule has 14 atom stereocenters. The number of hydrogen-bond acceptors (Lipinski definition) is 23. The van der Waals surface area contributed by atoms with Gasteiger partial charge in [0.1, 0.15) is 29.4 Å². The van der Waals surface area contributed by atoms with E-state index in [0.29, 0.717) is 17.5 Å². The number of aromatic hydroxyl groups is 2. The molecule has 2 aromatic rings. The molecule has 13 N–H and O–H groups in total. The molecular formula is C54H75N9O15S6. The lowest BCUT2D eigenvalue weighted by Gasteiger charge is -2.35. The molecular weight excluding hydrogens is 1210 g/mol. The number of carbonyl (C=O) groups is 10. The first-order chi connectivity index (χ1) is 40.0. The van der Waals surface area contributed by atoms with E-state index in [1.807, 2.05) is 0 Å². The summed E-state index contributed by atoms with van der Waals surface area (Å²) in [6.45, 7) is 3.49. The van der Waals surface area contributed by atoms with E-state index < -0.39 is 161 Å². The van der Waals surface area contributed by atoms with Crippen molar-refractivity contribution >= 4 is 122 Å². The number of nitrogens with two attached hydrogens (primary N) is 1. The van der Waals surface area contributed by atoms with Crippen LogP contribution in [0.3, 0.4) is 0 Å². The van der Waals surface area contributed by atoms with Crippen molar-refractivity contribution in [2.75, 3.05) is 47.6 Å². The maximum Gasteiger partial charge on any atom is 0.303 e. The predicted octanol–water partition coefficient (Wildman–Crippen LogP) is -0.0890. The van der Waals surface area contributed by atoms with E-state index in [1.165, 1.54) is 60.7 Å². The molecule has 462 valence electrons. The minimum atomic E-state index is -1.74. The number of aliphatic carboxylic acids is 1. The lowest BCUT2D eigenvalue weighted by Crippen LogP contribution is -2.61. The van der Waals surface area contributed by atoms with E-state index >= 15 is 9.59 Å². The number of rotatable bonds is 13. The number of phenolic OH excluding ortho intramolecular Hbond substituents is 2. The Morgan fingerprint density at radius 2 is 1.44 bits per heavy atom. The third-order valence-corrected chi connectivity index (χ3v) is 22.7. The number of fused-ring (bicyclic) bond motifs is 11. The minimum absolute atomic E-state index is 0.00883. The van der Waals surface area contributed by atoms with Gasteiger partial charge >= 0.3 is 5.97 Å². The number of Topliss-reactive ketones (excluding diaryl/α,β-unsaturated/α-hetero) is 4. The van der Waals surface area contributed by atoms with Gasteiger partial charge < -0.3 is 57.6 Å². The number of nitrogens with one attached hydrogen (secondary N) is 7. The Morgan fingerprint density at radius 3 is 2.10 bits per heavy atom. The highest BCUT2D eigenvalue weighted by molar-refractivity contribution is 8.77.